The topological polar surface area (TPSA) is 102 Å². The number of aryl methyl sites for hydroxylation is 2. The summed E-state index contributed by atoms with van der Waals surface area (Å²) in [5.74, 6) is 0.502. The summed E-state index contributed by atoms with van der Waals surface area (Å²) in [6.45, 7) is 2.38. The summed E-state index contributed by atoms with van der Waals surface area (Å²) in [6, 6.07) is 14.8. The molecule has 0 atom stereocenters. The van der Waals surface area contributed by atoms with Crippen molar-refractivity contribution >= 4 is 17.5 Å². The fourth-order valence-electron chi connectivity index (χ4n) is 2.76. The number of benzene rings is 2. The second kappa shape index (κ2) is 8.90. The molecule has 0 radical (unpaired) electrons. The predicted octanol–water partition coefficient (Wildman–Crippen LogP) is 1.96. The van der Waals surface area contributed by atoms with Gasteiger partial charge in [0.25, 0.3) is 5.91 Å². The molecular formula is C20H22N6O2. The number of hydrogen-bond acceptors (Lipinski definition) is 5. The SMILES string of the molecule is CNC(=O)CCc1ccccc1NC(=O)c1ccc(Cn2nnnc2C)cc1. The smallest absolute Gasteiger partial charge is 0.255 e. The van der Waals surface area contributed by atoms with E-state index in [9.17, 15) is 9.59 Å². The van der Waals surface area contributed by atoms with E-state index in [1.54, 1.807) is 23.9 Å². The Bertz CT molecular complexity index is 965. The summed E-state index contributed by atoms with van der Waals surface area (Å²) >= 11 is 0. The Morgan fingerprint density at radius 2 is 1.82 bits per heavy atom. The normalized spacial score (nSPS) is 10.5. The van der Waals surface area contributed by atoms with Crippen LogP contribution in [0.25, 0.3) is 0 Å². The molecule has 0 aliphatic rings. The molecule has 144 valence electrons. The molecular weight excluding hydrogens is 356 g/mol. The summed E-state index contributed by atoms with van der Waals surface area (Å²) in [5, 5.41) is 16.9. The summed E-state index contributed by atoms with van der Waals surface area (Å²) in [7, 11) is 1.61. The number of aromatic nitrogens is 4. The zero-order valence-electron chi connectivity index (χ0n) is 15.8. The van der Waals surface area contributed by atoms with Crippen LogP contribution in [-0.2, 0) is 17.8 Å². The maximum Gasteiger partial charge on any atom is 0.255 e. The molecule has 1 heterocycles. The molecule has 2 aromatic carbocycles. The average molecular weight is 378 g/mol. The van der Waals surface area contributed by atoms with Crippen LogP contribution in [0, 0.1) is 6.92 Å². The molecule has 3 aromatic rings. The summed E-state index contributed by atoms with van der Waals surface area (Å²) in [6.07, 6.45) is 0.926. The van der Waals surface area contributed by atoms with Crippen molar-refractivity contribution < 1.29 is 9.59 Å². The average Bonchev–Trinajstić information content (AvgIpc) is 3.12. The summed E-state index contributed by atoms with van der Waals surface area (Å²) < 4.78 is 1.69. The molecule has 8 heteroatoms. The van der Waals surface area contributed by atoms with Crippen LogP contribution in [0.5, 0.6) is 0 Å². The van der Waals surface area contributed by atoms with Gasteiger partial charge in [0.2, 0.25) is 5.91 Å². The number of hydrogen-bond donors (Lipinski definition) is 2. The molecule has 2 N–H and O–H groups in total. The van der Waals surface area contributed by atoms with Gasteiger partial charge in [0.1, 0.15) is 5.82 Å². The molecule has 28 heavy (non-hydrogen) atoms. The molecule has 0 aliphatic heterocycles. The Morgan fingerprint density at radius 3 is 2.50 bits per heavy atom. The first kappa shape index (κ1) is 19.2. The molecule has 1 aromatic heterocycles. The van der Waals surface area contributed by atoms with Gasteiger partial charge in [0, 0.05) is 24.7 Å². The van der Waals surface area contributed by atoms with E-state index in [-0.39, 0.29) is 11.8 Å². The maximum atomic E-state index is 12.6. The van der Waals surface area contributed by atoms with Crippen molar-refractivity contribution in [1.29, 1.82) is 0 Å². The van der Waals surface area contributed by atoms with Gasteiger partial charge in [-0.25, -0.2) is 4.68 Å². The van der Waals surface area contributed by atoms with Crippen LogP contribution in [0.15, 0.2) is 48.5 Å². The predicted molar refractivity (Wildman–Crippen MR) is 105 cm³/mol. The van der Waals surface area contributed by atoms with Gasteiger partial charge in [-0.1, -0.05) is 30.3 Å². The lowest BCUT2D eigenvalue weighted by molar-refractivity contribution is -0.120. The van der Waals surface area contributed by atoms with Crippen LogP contribution in [0.4, 0.5) is 5.69 Å². The molecule has 0 spiro atoms. The lowest BCUT2D eigenvalue weighted by atomic mass is 10.1. The van der Waals surface area contributed by atoms with Crippen molar-refractivity contribution in [3.8, 4) is 0 Å². The quantitative estimate of drug-likeness (QED) is 0.654. The largest absolute Gasteiger partial charge is 0.359 e. The molecule has 0 fully saturated rings. The number of rotatable bonds is 7. The van der Waals surface area contributed by atoms with E-state index < -0.39 is 0 Å². The van der Waals surface area contributed by atoms with E-state index >= 15 is 0 Å². The maximum absolute atomic E-state index is 12.6. The van der Waals surface area contributed by atoms with Crippen LogP contribution in [-0.4, -0.2) is 39.1 Å². The lowest BCUT2D eigenvalue weighted by Gasteiger charge is -2.11. The fraction of sp³-hybridized carbons (Fsp3) is 0.250. The minimum absolute atomic E-state index is 0.0328. The molecule has 8 nitrogen and oxygen atoms in total. The molecule has 2 amide bonds. The van der Waals surface area contributed by atoms with Crippen molar-refractivity contribution in [1.82, 2.24) is 25.5 Å². The van der Waals surface area contributed by atoms with Crippen molar-refractivity contribution in [2.75, 3.05) is 12.4 Å². The highest BCUT2D eigenvalue weighted by Gasteiger charge is 2.10. The van der Waals surface area contributed by atoms with Crippen molar-refractivity contribution in [2.24, 2.45) is 0 Å². The molecule has 0 saturated heterocycles. The standard InChI is InChI=1S/C20H22N6O2/c1-14-23-24-25-26(14)13-15-7-9-17(10-8-15)20(28)22-18-6-4-3-5-16(18)11-12-19(27)21-2/h3-10H,11-13H2,1-2H3,(H,21,27)(H,22,28). The van der Waals surface area contributed by atoms with E-state index in [2.05, 4.69) is 26.2 Å². The second-order valence-electron chi connectivity index (χ2n) is 6.37. The van der Waals surface area contributed by atoms with Crippen molar-refractivity contribution in [3.63, 3.8) is 0 Å². The Kier molecular flexibility index (Phi) is 6.11. The van der Waals surface area contributed by atoms with E-state index in [0.29, 0.717) is 30.6 Å². The van der Waals surface area contributed by atoms with Gasteiger partial charge in [0.05, 0.1) is 6.54 Å². The third-order valence-electron chi connectivity index (χ3n) is 4.43. The number of tetrazole rings is 1. The molecule has 0 unspecified atom stereocenters. The van der Waals surface area contributed by atoms with E-state index in [0.717, 1.165) is 17.0 Å². The highest BCUT2D eigenvalue weighted by molar-refractivity contribution is 6.04. The third-order valence-corrected chi connectivity index (χ3v) is 4.43. The van der Waals surface area contributed by atoms with E-state index in [4.69, 9.17) is 0 Å². The van der Waals surface area contributed by atoms with E-state index in [1.807, 2.05) is 43.3 Å². The van der Waals surface area contributed by atoms with Gasteiger partial charge in [0.15, 0.2) is 0 Å². The monoisotopic (exact) mass is 378 g/mol. The van der Waals surface area contributed by atoms with E-state index in [1.165, 1.54) is 0 Å². The first-order valence-electron chi connectivity index (χ1n) is 8.98. The molecule has 0 aliphatic carbocycles. The van der Waals surface area contributed by atoms with Gasteiger partial charge >= 0.3 is 0 Å². The lowest BCUT2D eigenvalue weighted by Crippen LogP contribution is -2.18. The van der Waals surface area contributed by atoms with Crippen LogP contribution in [0.3, 0.4) is 0 Å². The number of amides is 2. The van der Waals surface area contributed by atoms with Gasteiger partial charge in [-0.3, -0.25) is 9.59 Å². The van der Waals surface area contributed by atoms with Gasteiger partial charge in [-0.15, -0.1) is 5.10 Å². The number of anilines is 1. The highest BCUT2D eigenvalue weighted by Crippen LogP contribution is 2.18. The minimum atomic E-state index is -0.197. The fourth-order valence-corrected chi connectivity index (χ4v) is 2.76. The van der Waals surface area contributed by atoms with Gasteiger partial charge in [-0.2, -0.15) is 0 Å². The Hall–Kier alpha value is -3.55. The first-order valence-corrected chi connectivity index (χ1v) is 8.98. The Morgan fingerprint density at radius 1 is 1.07 bits per heavy atom. The highest BCUT2D eigenvalue weighted by atomic mass is 16.2. The van der Waals surface area contributed by atoms with Crippen LogP contribution >= 0.6 is 0 Å². The molecule has 0 saturated carbocycles. The second-order valence-corrected chi connectivity index (χ2v) is 6.37. The number of carbonyl (C=O) groups excluding carboxylic acids is 2. The van der Waals surface area contributed by atoms with Gasteiger partial charge < -0.3 is 10.6 Å². The first-order chi connectivity index (χ1) is 13.6. The molecule has 3 rings (SSSR count). The number of carbonyl (C=O) groups is 2. The number of para-hydroxylation sites is 1. The van der Waals surface area contributed by atoms with Crippen LogP contribution in [0.1, 0.15) is 33.7 Å². The Labute approximate surface area is 163 Å². The summed E-state index contributed by atoms with van der Waals surface area (Å²) in [4.78, 5) is 24.1. The van der Waals surface area contributed by atoms with Crippen LogP contribution in [0.2, 0.25) is 0 Å². The van der Waals surface area contributed by atoms with Crippen molar-refractivity contribution in [2.45, 2.75) is 26.3 Å². The van der Waals surface area contributed by atoms with Gasteiger partial charge in [-0.05, 0) is 53.1 Å². The van der Waals surface area contributed by atoms with Crippen molar-refractivity contribution in [3.05, 3.63) is 71.0 Å². The number of nitrogens with zero attached hydrogens (tertiary/aromatic N) is 4. The minimum Gasteiger partial charge on any atom is -0.359 e. The summed E-state index contributed by atoms with van der Waals surface area (Å²) in [5.41, 5.74) is 3.19. The Balaban J connectivity index is 1.66. The number of nitrogens with one attached hydrogen (secondary N) is 2. The molecule has 0 bridgehead atoms. The third kappa shape index (κ3) is 4.79. The van der Waals surface area contributed by atoms with Crippen LogP contribution < -0.4 is 10.6 Å². The zero-order chi connectivity index (χ0) is 19.9. The zero-order valence-corrected chi connectivity index (χ0v) is 15.8.